The smallest absolute Gasteiger partial charge is 0.345 e. The molecule has 0 saturated heterocycles. The maximum atomic E-state index is 14.7. The second kappa shape index (κ2) is 44.2. The van der Waals surface area contributed by atoms with Gasteiger partial charge in [0.2, 0.25) is 7.14 Å². The molecule has 0 radical (unpaired) electrons. The molecule has 0 aliphatic carbocycles. The molecule has 2 unspecified atom stereocenters. The topological polar surface area (TPSA) is 66.4 Å². The van der Waals surface area contributed by atoms with Crippen molar-refractivity contribution in [2.75, 3.05) is 16.5 Å². The molecule has 6 nitrogen and oxygen atoms in total. The van der Waals surface area contributed by atoms with Gasteiger partial charge in [0.05, 0.1) is 0 Å². The Morgan fingerprint density at radius 2 is 0.511 bits per heavy atom. The van der Waals surface area contributed by atoms with Crippen molar-refractivity contribution in [2.45, 2.75) is 105 Å². The van der Waals surface area contributed by atoms with Crippen LogP contribution in [0.25, 0.3) is 67.3 Å². The molecule has 654 valence electrons. The van der Waals surface area contributed by atoms with Gasteiger partial charge in [0.15, 0.2) is 7.14 Å². The number of aromatic nitrogens is 2. The maximum absolute atomic E-state index is 14.7. The minimum atomic E-state index is -3.24. The Labute approximate surface area is 809 Å². The van der Waals surface area contributed by atoms with E-state index >= 15 is 0 Å². The first-order chi connectivity index (χ1) is 62.1. The van der Waals surface area contributed by atoms with Gasteiger partial charge >= 0.3 is 44.8 Å². The van der Waals surface area contributed by atoms with Crippen LogP contribution < -0.4 is 25.7 Å². The normalized spacial score (nSPS) is 11.9. The second-order valence-electron chi connectivity index (χ2n) is 35.9. The predicted molar refractivity (Wildman–Crippen MR) is 544 cm³/mol. The number of hydrogen-bond donors (Lipinski definition) is 0. The SMILES string of the molecule is CC(C)(C)c1c[c-]c(-c2cc(-c3ccc(P(=O)(C#Cc4ccccc4)c4ccccc4)cc3)cc(-c3[c-]cc(C(C)(C)C)cc3)n2)cc1.CC(C)(C)c1c[c-]c(-c2cc(-c3ccc(P(C)(=O)C#Cc4ccccc4)cc3)cc(-c3[c-]cc(C(C)(C)C)cc3)n2)cc1.[Au+3].[Au+3].[c-]1ccc(N(c2ccccc2)c2ccccc2)cc1.[c-]1ccc(N(c2ccccc2)c2ccccc2)cc1. The van der Waals surface area contributed by atoms with E-state index in [1.54, 1.807) is 6.66 Å². The average molecular weight is 2100 g/mol. The summed E-state index contributed by atoms with van der Waals surface area (Å²) in [6, 6.07) is 156. The molecular weight excluding hydrogens is 2000 g/mol. The van der Waals surface area contributed by atoms with Gasteiger partial charge in [-0.05, 0) is 175 Å². The van der Waals surface area contributed by atoms with Crippen LogP contribution in [0.2, 0.25) is 0 Å². The number of para-hydroxylation sites is 4. The summed E-state index contributed by atoms with van der Waals surface area (Å²) in [4.78, 5) is 14.6. The summed E-state index contributed by atoms with van der Waals surface area (Å²) in [6.07, 6.45) is 0. The minimum absolute atomic E-state index is 0. The second-order valence-corrected chi connectivity index (χ2v) is 41.0. The zero-order valence-corrected chi connectivity index (χ0v) is 82.4. The number of anilines is 6. The molecule has 15 aromatic carbocycles. The van der Waals surface area contributed by atoms with Gasteiger partial charge in [-0.15, -0.1) is 166 Å². The van der Waals surface area contributed by atoms with E-state index in [-0.39, 0.29) is 66.4 Å². The standard InChI is InChI=1S/C45H40NOP.C40H38NOP.2C18H14N.2Au/c1-44(2,3)38-23-17-35(18-24-38)42-31-37(32-43(46-42)36-19-25-39(26-20-36)45(4,5)6)34-21-27-41(28-22-34)48(47,40-15-11-8-12-16-40)30-29-33-13-9-7-10-14-33;1-39(2,3)34-19-13-31(14-20-34)37-27-33(28-38(41-37)32-15-21-35(22-16-32)40(4,5)6)30-17-23-36(24-18-30)43(7,42)26-25-29-11-9-8-10-12-29;2*1-4-10-16(11-5-1)19(17-12-6-2-7-13-17)18-14-8-3-9-15-18;;/h7-17,19,21-28,31-32H,1-6H3;8-13,15,17-24,27-28H,1-7H3;2*1-2,4-15H;;/q2*-2;2*-1;2*+3. The Hall–Kier alpha value is -12.7. The first kappa shape index (κ1) is 97.3. The van der Waals surface area contributed by atoms with Crippen LogP contribution >= 0.6 is 14.3 Å². The maximum Gasteiger partial charge on any atom is 3.00 e. The third-order valence-electron chi connectivity index (χ3n) is 22.1. The summed E-state index contributed by atoms with van der Waals surface area (Å²) in [7, 11) is -6.09. The molecule has 131 heavy (non-hydrogen) atoms. The monoisotopic (exact) mass is 2100 g/mol. The third-order valence-corrected chi connectivity index (χ3v) is 26.4. The van der Waals surface area contributed by atoms with E-state index in [9.17, 15) is 9.13 Å². The summed E-state index contributed by atoms with van der Waals surface area (Å²) in [5.41, 5.74) is 31.0. The molecule has 0 aliphatic rings. The van der Waals surface area contributed by atoms with E-state index in [4.69, 9.17) is 9.97 Å². The van der Waals surface area contributed by atoms with E-state index < -0.39 is 14.3 Å². The summed E-state index contributed by atoms with van der Waals surface area (Å²) < 4.78 is 28.2. The van der Waals surface area contributed by atoms with Gasteiger partial charge in [0.25, 0.3) is 0 Å². The van der Waals surface area contributed by atoms with Gasteiger partial charge in [-0.25, -0.2) is 0 Å². The van der Waals surface area contributed by atoms with Gasteiger partial charge < -0.3 is 24.3 Å². The summed E-state index contributed by atoms with van der Waals surface area (Å²) in [6.45, 7) is 28.2. The Morgan fingerprint density at radius 3 is 0.779 bits per heavy atom. The fourth-order valence-electron chi connectivity index (χ4n) is 14.5. The van der Waals surface area contributed by atoms with Crippen molar-refractivity contribution in [1.82, 2.24) is 9.97 Å². The summed E-state index contributed by atoms with van der Waals surface area (Å²) in [5, 5.41) is 2.16. The van der Waals surface area contributed by atoms with Crippen molar-refractivity contribution in [1.29, 1.82) is 0 Å². The largest absolute Gasteiger partial charge is 3.00 e. The first-order valence-electron chi connectivity index (χ1n) is 43.6. The minimum Gasteiger partial charge on any atom is -0.345 e. The predicted octanol–water partition coefficient (Wildman–Crippen LogP) is 30.4. The van der Waals surface area contributed by atoms with Crippen LogP contribution in [-0.2, 0) is 75.6 Å². The molecule has 0 fully saturated rings. The number of hydrogen-bond acceptors (Lipinski definition) is 6. The average Bonchev–Trinajstić information content (AvgIpc) is 0.781. The fourth-order valence-corrected chi connectivity index (χ4v) is 17.7. The molecule has 0 aliphatic heterocycles. The van der Waals surface area contributed by atoms with Crippen molar-refractivity contribution >= 4 is 64.3 Å². The zero-order valence-electron chi connectivity index (χ0n) is 76.3. The molecule has 2 heterocycles. The van der Waals surface area contributed by atoms with Gasteiger partial charge in [0.1, 0.15) is 0 Å². The fraction of sp³-hybridized carbons (Fsp3) is 0.140. The van der Waals surface area contributed by atoms with Crippen molar-refractivity contribution in [3.8, 4) is 90.4 Å². The summed E-state index contributed by atoms with van der Waals surface area (Å²) in [5.74, 6) is 6.26. The number of benzene rings is 15. The molecule has 0 spiro atoms. The van der Waals surface area contributed by atoms with E-state index in [0.717, 1.165) is 123 Å². The molecule has 17 aromatic rings. The van der Waals surface area contributed by atoms with Crippen molar-refractivity contribution in [3.63, 3.8) is 0 Å². The molecule has 0 bridgehead atoms. The summed E-state index contributed by atoms with van der Waals surface area (Å²) >= 11 is 0. The zero-order chi connectivity index (χ0) is 90.6. The van der Waals surface area contributed by atoms with Crippen LogP contribution in [0.15, 0.2) is 406 Å². The van der Waals surface area contributed by atoms with Crippen LogP contribution in [0.4, 0.5) is 34.1 Å². The molecule has 0 amide bonds. The van der Waals surface area contributed by atoms with Crippen molar-refractivity contribution in [2.24, 2.45) is 0 Å². The van der Waals surface area contributed by atoms with Gasteiger partial charge in [0, 0.05) is 56.5 Å². The molecule has 17 rings (SSSR count). The van der Waals surface area contributed by atoms with Gasteiger partial charge in [-0.1, -0.05) is 294 Å². The van der Waals surface area contributed by atoms with Gasteiger partial charge in [-0.2, -0.15) is 36.4 Å². The Morgan fingerprint density at radius 1 is 0.267 bits per heavy atom. The molecule has 2 atom stereocenters. The molecule has 0 N–H and O–H groups in total. The number of rotatable bonds is 15. The van der Waals surface area contributed by atoms with Crippen molar-refractivity contribution < 1.29 is 53.9 Å². The Balaban J connectivity index is 0.000000169. The van der Waals surface area contributed by atoms with Crippen molar-refractivity contribution in [3.05, 3.63) is 476 Å². The van der Waals surface area contributed by atoms with E-state index in [1.165, 1.54) is 22.3 Å². The molecule has 0 saturated carbocycles. The van der Waals surface area contributed by atoms with E-state index in [2.05, 4.69) is 371 Å². The number of pyridine rings is 2. The van der Waals surface area contributed by atoms with E-state index in [0.29, 0.717) is 5.30 Å². The molecule has 2 aromatic heterocycles. The van der Waals surface area contributed by atoms with Crippen LogP contribution in [0, 0.1) is 59.6 Å². The van der Waals surface area contributed by atoms with E-state index in [1.807, 2.05) is 188 Å². The Kier molecular flexibility index (Phi) is 32.9. The van der Waals surface area contributed by atoms with Crippen LogP contribution in [-0.4, -0.2) is 16.6 Å². The van der Waals surface area contributed by atoms with Crippen LogP contribution in [0.1, 0.15) is 116 Å². The Bertz CT molecular complexity index is 6290. The first-order valence-corrected chi connectivity index (χ1v) is 47.4. The van der Waals surface area contributed by atoms with Crippen LogP contribution in [0.3, 0.4) is 0 Å². The molecule has 10 heteroatoms. The third kappa shape index (κ3) is 25.9. The van der Waals surface area contributed by atoms with Crippen LogP contribution in [0.5, 0.6) is 0 Å². The quantitative estimate of drug-likeness (QED) is 0.0441. The van der Waals surface area contributed by atoms with Gasteiger partial charge in [-0.3, -0.25) is 4.57 Å². The number of nitrogens with zero attached hydrogens (tertiary/aromatic N) is 4. The molecular formula is C121H106Au2N4O2P2.